The summed E-state index contributed by atoms with van der Waals surface area (Å²) in [6.07, 6.45) is -3.33. The molecule has 0 aromatic heterocycles. The number of benzene rings is 2. The van der Waals surface area contributed by atoms with Gasteiger partial charge in [0.2, 0.25) is 15.9 Å². The molecule has 34 heavy (non-hydrogen) atoms. The minimum atomic E-state index is -4.68. The SMILES string of the molecule is O=C(NCc1ccc(S(=O)(=O)N2CCCC2)cc1)C1(C(F)(F)F)CCN(Cc2ccccc2)C1. The molecule has 10 heteroatoms. The average Bonchev–Trinajstić information content (AvgIpc) is 3.50. The fourth-order valence-corrected chi connectivity index (χ4v) is 6.14. The molecule has 1 N–H and O–H groups in total. The van der Waals surface area contributed by atoms with Crippen molar-refractivity contribution in [3.8, 4) is 0 Å². The first-order chi connectivity index (χ1) is 16.1. The van der Waals surface area contributed by atoms with Gasteiger partial charge in [-0.25, -0.2) is 8.42 Å². The zero-order valence-electron chi connectivity index (χ0n) is 18.7. The Bertz CT molecular complexity index is 1100. The molecule has 1 amide bonds. The van der Waals surface area contributed by atoms with Gasteiger partial charge in [-0.05, 0) is 49.1 Å². The van der Waals surface area contributed by atoms with Crippen molar-refractivity contribution in [1.82, 2.24) is 14.5 Å². The zero-order valence-corrected chi connectivity index (χ0v) is 19.5. The minimum absolute atomic E-state index is 0.112. The van der Waals surface area contributed by atoms with Crippen molar-refractivity contribution in [1.29, 1.82) is 0 Å². The van der Waals surface area contributed by atoms with Crippen LogP contribution in [-0.4, -0.2) is 55.9 Å². The highest BCUT2D eigenvalue weighted by molar-refractivity contribution is 7.89. The summed E-state index contributed by atoms with van der Waals surface area (Å²) >= 11 is 0. The maximum Gasteiger partial charge on any atom is 0.404 e. The Kier molecular flexibility index (Phi) is 7.02. The number of carbonyl (C=O) groups is 1. The molecule has 2 aliphatic rings. The molecule has 2 fully saturated rings. The van der Waals surface area contributed by atoms with Gasteiger partial charge in [-0.3, -0.25) is 9.69 Å². The number of hydrogen-bond donors (Lipinski definition) is 1. The lowest BCUT2D eigenvalue weighted by molar-refractivity contribution is -0.218. The van der Waals surface area contributed by atoms with Crippen molar-refractivity contribution in [3.63, 3.8) is 0 Å². The molecule has 6 nitrogen and oxygen atoms in total. The van der Waals surface area contributed by atoms with Gasteiger partial charge in [-0.15, -0.1) is 0 Å². The number of halogens is 3. The van der Waals surface area contributed by atoms with Crippen molar-refractivity contribution >= 4 is 15.9 Å². The fraction of sp³-hybridized carbons (Fsp3) is 0.458. The highest BCUT2D eigenvalue weighted by Gasteiger charge is 2.62. The topological polar surface area (TPSA) is 69.7 Å². The maximum absolute atomic E-state index is 14.1. The van der Waals surface area contributed by atoms with Gasteiger partial charge in [-0.1, -0.05) is 42.5 Å². The monoisotopic (exact) mass is 495 g/mol. The van der Waals surface area contributed by atoms with E-state index in [0.29, 0.717) is 25.2 Å². The summed E-state index contributed by atoms with van der Waals surface area (Å²) in [6, 6.07) is 15.1. The predicted molar refractivity (Wildman–Crippen MR) is 121 cm³/mol. The van der Waals surface area contributed by atoms with E-state index in [-0.39, 0.29) is 24.4 Å². The van der Waals surface area contributed by atoms with Crippen LogP contribution in [0.5, 0.6) is 0 Å². The first kappa shape index (κ1) is 24.7. The van der Waals surface area contributed by atoms with Gasteiger partial charge in [0.1, 0.15) is 0 Å². The molecular weight excluding hydrogens is 467 g/mol. The van der Waals surface area contributed by atoms with Gasteiger partial charge in [0.05, 0.1) is 4.90 Å². The minimum Gasteiger partial charge on any atom is -0.351 e. The third kappa shape index (κ3) is 4.99. The van der Waals surface area contributed by atoms with Crippen LogP contribution >= 0.6 is 0 Å². The highest BCUT2D eigenvalue weighted by Crippen LogP contribution is 2.46. The van der Waals surface area contributed by atoms with Crippen LogP contribution in [0.2, 0.25) is 0 Å². The van der Waals surface area contributed by atoms with Gasteiger partial charge in [0.15, 0.2) is 5.41 Å². The Hall–Kier alpha value is -2.43. The lowest BCUT2D eigenvalue weighted by Crippen LogP contribution is -2.52. The molecule has 2 aromatic carbocycles. The largest absolute Gasteiger partial charge is 0.404 e. The lowest BCUT2D eigenvalue weighted by atomic mass is 9.85. The molecule has 4 rings (SSSR count). The van der Waals surface area contributed by atoms with Crippen LogP contribution in [0.25, 0.3) is 0 Å². The number of alkyl halides is 3. The van der Waals surface area contributed by atoms with Gasteiger partial charge in [0, 0.05) is 32.7 Å². The standard InChI is InChI=1S/C24H28F3N3O3S/c25-24(26,27)23(12-15-29(18-23)17-20-6-2-1-3-7-20)22(31)28-16-19-8-10-21(11-9-19)34(32,33)30-13-4-5-14-30/h1-3,6-11H,4-5,12-18H2,(H,28,31). The molecule has 0 radical (unpaired) electrons. The number of sulfonamides is 1. The second kappa shape index (κ2) is 9.67. The van der Waals surface area contributed by atoms with Gasteiger partial charge in [0.25, 0.3) is 0 Å². The van der Waals surface area contributed by atoms with Gasteiger partial charge >= 0.3 is 6.18 Å². The number of hydrogen-bond acceptors (Lipinski definition) is 4. The van der Waals surface area contributed by atoms with Gasteiger partial charge in [-0.2, -0.15) is 17.5 Å². The molecule has 2 saturated heterocycles. The number of nitrogens with zero attached hydrogens (tertiary/aromatic N) is 2. The van der Waals surface area contributed by atoms with E-state index in [2.05, 4.69) is 5.32 Å². The molecule has 0 aliphatic carbocycles. The third-order valence-corrected chi connectivity index (χ3v) is 8.57. The Morgan fingerprint density at radius 3 is 2.21 bits per heavy atom. The van der Waals surface area contributed by atoms with E-state index in [1.54, 1.807) is 4.90 Å². The number of nitrogens with one attached hydrogen (secondary N) is 1. The van der Waals surface area contributed by atoms with E-state index in [4.69, 9.17) is 0 Å². The normalized spacial score (nSPS) is 22.2. The second-order valence-corrected chi connectivity index (χ2v) is 10.9. The summed E-state index contributed by atoms with van der Waals surface area (Å²) in [7, 11) is -3.57. The smallest absolute Gasteiger partial charge is 0.351 e. The molecule has 1 atom stereocenters. The van der Waals surface area contributed by atoms with Crippen molar-refractivity contribution < 1.29 is 26.4 Å². The maximum atomic E-state index is 14.1. The quantitative estimate of drug-likeness (QED) is 0.638. The van der Waals surface area contributed by atoms with Crippen LogP contribution in [0.4, 0.5) is 13.2 Å². The van der Waals surface area contributed by atoms with Crippen molar-refractivity contribution in [2.45, 2.75) is 43.4 Å². The number of rotatable bonds is 7. The van der Waals surface area contributed by atoms with E-state index in [9.17, 15) is 26.4 Å². The summed E-state index contributed by atoms with van der Waals surface area (Å²) in [6.45, 7) is 0.981. The number of likely N-dealkylation sites (tertiary alicyclic amines) is 1. The fourth-order valence-electron chi connectivity index (χ4n) is 4.62. The average molecular weight is 496 g/mol. The first-order valence-electron chi connectivity index (χ1n) is 11.3. The Labute approximate surface area is 197 Å². The Morgan fingerprint density at radius 2 is 1.59 bits per heavy atom. The van der Waals surface area contributed by atoms with Crippen LogP contribution in [0.3, 0.4) is 0 Å². The highest BCUT2D eigenvalue weighted by atomic mass is 32.2. The Balaban J connectivity index is 1.41. The molecule has 2 aromatic rings. The van der Waals surface area contributed by atoms with E-state index >= 15 is 0 Å². The van der Waals surface area contributed by atoms with Gasteiger partial charge < -0.3 is 5.32 Å². The van der Waals surface area contributed by atoms with Crippen molar-refractivity contribution in [2.75, 3.05) is 26.2 Å². The molecule has 1 unspecified atom stereocenters. The summed E-state index contributed by atoms with van der Waals surface area (Å²) in [5.41, 5.74) is -1.05. The van der Waals surface area contributed by atoms with Crippen LogP contribution in [0, 0.1) is 5.41 Å². The van der Waals surface area contributed by atoms with E-state index in [1.807, 2.05) is 30.3 Å². The zero-order chi connectivity index (χ0) is 24.4. The van der Waals surface area contributed by atoms with Crippen LogP contribution in [-0.2, 0) is 27.9 Å². The van der Waals surface area contributed by atoms with E-state index in [1.165, 1.54) is 28.6 Å². The summed E-state index contributed by atoms with van der Waals surface area (Å²) in [5.74, 6) is -1.05. The molecule has 0 bridgehead atoms. The second-order valence-electron chi connectivity index (χ2n) is 8.96. The number of carbonyl (C=O) groups excluding carboxylic acids is 1. The molecular formula is C24H28F3N3O3S. The molecule has 0 saturated carbocycles. The summed E-state index contributed by atoms with van der Waals surface area (Å²) in [4.78, 5) is 14.6. The molecule has 184 valence electrons. The van der Waals surface area contributed by atoms with E-state index < -0.39 is 34.1 Å². The van der Waals surface area contributed by atoms with Crippen molar-refractivity contribution in [2.24, 2.45) is 5.41 Å². The Morgan fingerprint density at radius 1 is 0.941 bits per heavy atom. The predicted octanol–water partition coefficient (Wildman–Crippen LogP) is 3.54. The number of amides is 1. The summed E-state index contributed by atoms with van der Waals surface area (Å²) in [5, 5.41) is 2.44. The van der Waals surface area contributed by atoms with Crippen LogP contribution < -0.4 is 5.32 Å². The van der Waals surface area contributed by atoms with Crippen molar-refractivity contribution in [3.05, 3.63) is 65.7 Å². The molecule has 0 spiro atoms. The molecule has 2 aliphatic heterocycles. The van der Waals surface area contributed by atoms with Crippen LogP contribution in [0.1, 0.15) is 30.4 Å². The van der Waals surface area contributed by atoms with Crippen LogP contribution in [0.15, 0.2) is 59.5 Å². The summed E-state index contributed by atoms with van der Waals surface area (Å²) < 4.78 is 68.9. The lowest BCUT2D eigenvalue weighted by Gasteiger charge is -2.30. The third-order valence-electron chi connectivity index (χ3n) is 6.65. The van der Waals surface area contributed by atoms with E-state index in [0.717, 1.165) is 18.4 Å². The first-order valence-corrected chi connectivity index (χ1v) is 12.8. The molecule has 2 heterocycles.